The van der Waals surface area contributed by atoms with Crippen molar-refractivity contribution in [1.29, 1.82) is 0 Å². The van der Waals surface area contributed by atoms with Gasteiger partial charge in [0.15, 0.2) is 5.82 Å². The summed E-state index contributed by atoms with van der Waals surface area (Å²) >= 11 is 0. The fourth-order valence-corrected chi connectivity index (χ4v) is 6.35. The lowest BCUT2D eigenvalue weighted by molar-refractivity contribution is -0.140. The van der Waals surface area contributed by atoms with Crippen molar-refractivity contribution in [3.63, 3.8) is 0 Å². The molecule has 43 heavy (non-hydrogen) atoms. The highest BCUT2D eigenvalue weighted by Gasteiger charge is 2.31. The molecule has 2 aromatic rings. The van der Waals surface area contributed by atoms with E-state index in [9.17, 15) is 4.79 Å². The van der Waals surface area contributed by atoms with Gasteiger partial charge in [-0.3, -0.25) is 4.79 Å². The SMILES string of the molecule is COC(=O)CC(C)c1ccc(N(CC(C)C)C2CCC(OC)CC2)c(Nc2nc(C3CC3)nn2COCCS(C)(C)C)c1. The number of carbonyl (C=O) groups excluding carboxylic acids is 1. The molecule has 1 aromatic carbocycles. The van der Waals surface area contributed by atoms with Crippen LogP contribution in [0.4, 0.5) is 17.3 Å². The van der Waals surface area contributed by atoms with Crippen LogP contribution in [0.2, 0.25) is 0 Å². The predicted molar refractivity (Wildman–Crippen MR) is 178 cm³/mol. The Kier molecular flexibility index (Phi) is 11.8. The van der Waals surface area contributed by atoms with Gasteiger partial charge in [-0.05, 0) is 86.8 Å². The second-order valence-corrected chi connectivity index (χ2v) is 18.3. The van der Waals surface area contributed by atoms with Gasteiger partial charge in [0.05, 0.1) is 37.6 Å². The molecule has 4 rings (SSSR count). The van der Waals surface area contributed by atoms with E-state index in [2.05, 4.69) is 68.0 Å². The summed E-state index contributed by atoms with van der Waals surface area (Å²) in [5, 5.41) is 8.59. The third-order valence-electron chi connectivity index (χ3n) is 8.51. The highest BCUT2D eigenvalue weighted by atomic mass is 32.3. The van der Waals surface area contributed by atoms with Crippen LogP contribution in [-0.2, 0) is 25.7 Å². The number of carbonyl (C=O) groups is 1. The Bertz CT molecular complexity index is 1180. The molecule has 242 valence electrons. The van der Waals surface area contributed by atoms with Crippen LogP contribution in [0.3, 0.4) is 0 Å². The zero-order chi connectivity index (χ0) is 31.1. The monoisotopic (exact) mass is 617 g/mol. The van der Waals surface area contributed by atoms with E-state index in [0.29, 0.717) is 49.7 Å². The minimum atomic E-state index is -0.633. The average molecular weight is 618 g/mol. The van der Waals surface area contributed by atoms with Crippen molar-refractivity contribution in [2.24, 2.45) is 5.92 Å². The van der Waals surface area contributed by atoms with Gasteiger partial charge in [0.1, 0.15) is 6.73 Å². The molecule has 1 aromatic heterocycles. The molecule has 1 heterocycles. The second-order valence-electron chi connectivity index (χ2n) is 13.7. The third-order valence-corrected chi connectivity index (χ3v) is 9.90. The van der Waals surface area contributed by atoms with Crippen LogP contribution in [0.25, 0.3) is 0 Å². The molecule has 2 aliphatic carbocycles. The minimum absolute atomic E-state index is 0.0147. The number of hydrogen-bond acceptors (Lipinski definition) is 8. The summed E-state index contributed by atoms with van der Waals surface area (Å²) in [6, 6.07) is 7.01. The number of esters is 1. The quantitative estimate of drug-likeness (QED) is 0.165. The molecule has 0 aliphatic heterocycles. The lowest BCUT2D eigenvalue weighted by Crippen LogP contribution is -2.41. The molecule has 2 aliphatic rings. The van der Waals surface area contributed by atoms with Crippen molar-refractivity contribution in [1.82, 2.24) is 14.8 Å². The Morgan fingerprint density at radius 2 is 1.81 bits per heavy atom. The van der Waals surface area contributed by atoms with E-state index in [1.807, 2.05) is 11.8 Å². The van der Waals surface area contributed by atoms with Gasteiger partial charge in [-0.2, -0.15) is 10.1 Å². The number of ether oxygens (including phenoxy) is 3. The topological polar surface area (TPSA) is 90.7 Å². The normalized spacial score (nSPS) is 20.2. The lowest BCUT2D eigenvalue weighted by Gasteiger charge is -2.40. The standard InChI is InChI=1S/C33H55N5O4S/c1-23(2)21-37(27-12-14-28(40-4)15-13-27)30-16-11-26(24(3)19-31(39)41-5)20-29(30)34-33-35-32(25-9-10-25)36-38(33)22-42-17-18-43(6,7)8/h11,16,20,23-25,27-28H,9-10,12-15,17-19,21-22H2,1-8H3,(H,34,35,36). The minimum Gasteiger partial charge on any atom is -0.469 e. The Labute approximate surface area is 260 Å². The number of methoxy groups -OCH3 is 2. The summed E-state index contributed by atoms with van der Waals surface area (Å²) in [4.78, 5) is 19.7. The Hall–Kier alpha value is -2.30. The van der Waals surface area contributed by atoms with Crippen molar-refractivity contribution >= 4 is 33.3 Å². The molecular weight excluding hydrogens is 562 g/mol. The molecule has 1 atom stereocenters. The van der Waals surface area contributed by atoms with Gasteiger partial charge in [-0.25, -0.2) is 14.7 Å². The summed E-state index contributed by atoms with van der Waals surface area (Å²) < 4.78 is 18.7. The van der Waals surface area contributed by atoms with E-state index in [1.165, 1.54) is 7.11 Å². The van der Waals surface area contributed by atoms with Gasteiger partial charge < -0.3 is 24.4 Å². The van der Waals surface area contributed by atoms with E-state index in [0.717, 1.165) is 73.6 Å². The number of benzene rings is 1. The zero-order valence-electron chi connectivity index (χ0n) is 27.7. The van der Waals surface area contributed by atoms with Crippen LogP contribution in [0.1, 0.15) is 88.9 Å². The van der Waals surface area contributed by atoms with Crippen LogP contribution in [0.5, 0.6) is 0 Å². The predicted octanol–water partition coefficient (Wildman–Crippen LogP) is 6.65. The summed E-state index contributed by atoms with van der Waals surface area (Å²) in [6.45, 7) is 8.65. The van der Waals surface area contributed by atoms with Gasteiger partial charge >= 0.3 is 5.97 Å². The van der Waals surface area contributed by atoms with Gasteiger partial charge in [-0.1, -0.05) is 26.8 Å². The first-order valence-electron chi connectivity index (χ1n) is 15.9. The average Bonchev–Trinajstić information content (AvgIpc) is 3.75. The zero-order valence-corrected chi connectivity index (χ0v) is 28.5. The second kappa shape index (κ2) is 15.1. The van der Waals surface area contributed by atoms with Crippen LogP contribution >= 0.6 is 10.0 Å². The van der Waals surface area contributed by atoms with Crippen molar-refractivity contribution < 1.29 is 19.0 Å². The number of nitrogens with one attached hydrogen (secondary N) is 1. The first-order valence-corrected chi connectivity index (χ1v) is 19.0. The van der Waals surface area contributed by atoms with E-state index in [1.54, 1.807) is 0 Å². The van der Waals surface area contributed by atoms with Gasteiger partial charge in [0.25, 0.3) is 0 Å². The molecular formula is C33H55N5O4S. The van der Waals surface area contributed by atoms with Crippen LogP contribution in [-0.4, -0.2) is 84.8 Å². The van der Waals surface area contributed by atoms with Crippen molar-refractivity contribution in [2.75, 3.05) is 62.1 Å². The lowest BCUT2D eigenvalue weighted by atomic mass is 9.90. The molecule has 10 heteroatoms. The van der Waals surface area contributed by atoms with Gasteiger partial charge in [0, 0.05) is 31.4 Å². The molecule has 2 fully saturated rings. The third kappa shape index (κ3) is 9.85. The largest absolute Gasteiger partial charge is 0.469 e. The van der Waals surface area contributed by atoms with Crippen molar-refractivity contribution in [2.45, 2.75) is 96.4 Å². The summed E-state index contributed by atoms with van der Waals surface area (Å²) in [5.41, 5.74) is 3.23. The number of rotatable bonds is 16. The van der Waals surface area contributed by atoms with Crippen LogP contribution in [0, 0.1) is 5.92 Å². The number of aromatic nitrogens is 3. The molecule has 0 bridgehead atoms. The maximum atomic E-state index is 12.1. The smallest absolute Gasteiger partial charge is 0.306 e. The number of anilines is 3. The Morgan fingerprint density at radius 1 is 1.09 bits per heavy atom. The van der Waals surface area contributed by atoms with E-state index in [-0.39, 0.29) is 11.9 Å². The summed E-state index contributed by atoms with van der Waals surface area (Å²) in [5.74, 6) is 3.39. The van der Waals surface area contributed by atoms with Crippen LogP contribution in [0.15, 0.2) is 18.2 Å². The summed E-state index contributed by atoms with van der Waals surface area (Å²) in [7, 11) is 2.64. The van der Waals surface area contributed by atoms with E-state index >= 15 is 0 Å². The van der Waals surface area contributed by atoms with Gasteiger partial charge in [0.2, 0.25) is 5.95 Å². The fraction of sp³-hybridized carbons (Fsp3) is 0.727. The van der Waals surface area contributed by atoms with Crippen molar-refractivity contribution in [3.8, 4) is 0 Å². The van der Waals surface area contributed by atoms with Gasteiger partial charge in [-0.15, -0.1) is 0 Å². The molecule has 0 saturated heterocycles. The maximum Gasteiger partial charge on any atom is 0.306 e. The molecule has 2 saturated carbocycles. The van der Waals surface area contributed by atoms with E-state index in [4.69, 9.17) is 24.3 Å². The number of nitrogens with zero attached hydrogens (tertiary/aromatic N) is 4. The Morgan fingerprint density at radius 3 is 2.42 bits per heavy atom. The molecule has 9 nitrogen and oxygen atoms in total. The molecule has 0 radical (unpaired) electrons. The number of hydrogen-bond donors (Lipinski definition) is 1. The molecule has 1 N–H and O–H groups in total. The fourth-order valence-electron chi connectivity index (χ4n) is 5.73. The molecule has 0 amide bonds. The molecule has 0 spiro atoms. The van der Waals surface area contributed by atoms with E-state index < -0.39 is 10.0 Å². The maximum absolute atomic E-state index is 12.1. The first kappa shape index (κ1) is 33.6. The Balaban J connectivity index is 1.67. The van der Waals surface area contributed by atoms with Crippen LogP contribution < -0.4 is 10.2 Å². The highest BCUT2D eigenvalue weighted by Crippen LogP contribution is 2.41. The molecule has 1 unspecified atom stereocenters. The highest BCUT2D eigenvalue weighted by molar-refractivity contribution is 8.32. The summed E-state index contributed by atoms with van der Waals surface area (Å²) in [6.07, 6.45) is 14.2. The first-order chi connectivity index (χ1) is 20.5. The van der Waals surface area contributed by atoms with Crippen molar-refractivity contribution in [3.05, 3.63) is 29.6 Å².